The number of amides is 3. The minimum absolute atomic E-state index is 0.0119. The first-order valence-electron chi connectivity index (χ1n) is 8.15. The molecule has 1 heterocycles. The predicted molar refractivity (Wildman–Crippen MR) is 123 cm³/mol. The lowest BCUT2D eigenvalue weighted by Gasteiger charge is -2.12. The van der Waals surface area contributed by atoms with E-state index in [1.54, 1.807) is 36.4 Å². The van der Waals surface area contributed by atoms with Gasteiger partial charge in [0, 0.05) is 15.7 Å². The van der Waals surface area contributed by atoms with Gasteiger partial charge in [-0.25, -0.2) is 0 Å². The molecule has 1 saturated heterocycles. The molecule has 1 fully saturated rings. The maximum absolute atomic E-state index is 12.6. The number of nitrogens with one attached hydrogen (secondary N) is 1. The Morgan fingerprint density at radius 1 is 1.31 bits per heavy atom. The van der Waals surface area contributed by atoms with Gasteiger partial charge in [0.2, 0.25) is 5.91 Å². The number of aromatic hydroxyl groups is 1. The van der Waals surface area contributed by atoms with Gasteiger partial charge < -0.3 is 15.2 Å². The van der Waals surface area contributed by atoms with Gasteiger partial charge in [0.05, 0.1) is 15.6 Å². The van der Waals surface area contributed by atoms with Crippen molar-refractivity contribution in [3.05, 3.63) is 54.9 Å². The number of ether oxygens (including phenoxy) is 1. The fourth-order valence-corrected chi connectivity index (χ4v) is 4.87. The van der Waals surface area contributed by atoms with E-state index in [1.165, 1.54) is 13.2 Å². The molecule has 0 saturated carbocycles. The lowest BCUT2D eigenvalue weighted by Crippen LogP contribution is -2.36. The number of phenolic OH excluding ortho intramolecular Hbond substituents is 1. The molecular formula is C19H14BrIN2O5S. The molecule has 150 valence electrons. The largest absolute Gasteiger partial charge is 0.506 e. The Bertz CT molecular complexity index is 1030. The Morgan fingerprint density at radius 2 is 2.00 bits per heavy atom. The number of phenols is 1. The number of halogens is 2. The van der Waals surface area contributed by atoms with Gasteiger partial charge in [-0.1, -0.05) is 15.9 Å². The van der Waals surface area contributed by atoms with Gasteiger partial charge in [0.15, 0.2) is 0 Å². The Balaban J connectivity index is 1.72. The molecule has 2 N–H and O–H groups in total. The van der Waals surface area contributed by atoms with Gasteiger partial charge >= 0.3 is 0 Å². The van der Waals surface area contributed by atoms with Crippen LogP contribution in [0.3, 0.4) is 0 Å². The van der Waals surface area contributed by atoms with E-state index in [9.17, 15) is 19.5 Å². The molecule has 1 aliphatic heterocycles. The number of carbonyl (C=O) groups is 3. The van der Waals surface area contributed by atoms with Gasteiger partial charge in [-0.3, -0.25) is 19.3 Å². The first kappa shape index (κ1) is 21.7. The molecule has 10 heteroatoms. The Labute approximate surface area is 192 Å². The lowest BCUT2D eigenvalue weighted by atomic mass is 10.2. The number of nitrogens with zero attached hydrogens (tertiary/aromatic N) is 1. The first-order chi connectivity index (χ1) is 13.8. The first-order valence-corrected chi connectivity index (χ1v) is 10.8. The van der Waals surface area contributed by atoms with E-state index < -0.39 is 23.6 Å². The fourth-order valence-electron chi connectivity index (χ4n) is 2.49. The Morgan fingerprint density at radius 3 is 2.66 bits per heavy atom. The van der Waals surface area contributed by atoms with Crippen LogP contribution in [0.2, 0.25) is 0 Å². The van der Waals surface area contributed by atoms with Gasteiger partial charge in [-0.05, 0) is 76.8 Å². The second-order valence-electron chi connectivity index (χ2n) is 5.87. The van der Waals surface area contributed by atoms with Crippen molar-refractivity contribution in [2.45, 2.75) is 0 Å². The summed E-state index contributed by atoms with van der Waals surface area (Å²) in [5, 5.41) is 12.3. The van der Waals surface area contributed by atoms with Crippen molar-refractivity contribution >= 4 is 79.1 Å². The molecule has 0 spiro atoms. The van der Waals surface area contributed by atoms with Crippen LogP contribution in [-0.4, -0.2) is 40.7 Å². The third-order valence-electron chi connectivity index (χ3n) is 3.89. The molecule has 29 heavy (non-hydrogen) atoms. The highest BCUT2D eigenvalue weighted by molar-refractivity contribution is 14.1. The summed E-state index contributed by atoms with van der Waals surface area (Å²) in [6.45, 7) is -0.407. The highest BCUT2D eigenvalue weighted by Gasteiger charge is 2.36. The normalized spacial score (nSPS) is 15.1. The van der Waals surface area contributed by atoms with E-state index >= 15 is 0 Å². The van der Waals surface area contributed by atoms with Crippen LogP contribution in [0.4, 0.5) is 10.5 Å². The monoisotopic (exact) mass is 588 g/mol. The molecule has 7 nitrogen and oxygen atoms in total. The zero-order chi connectivity index (χ0) is 21.1. The topological polar surface area (TPSA) is 95.9 Å². The zero-order valence-corrected chi connectivity index (χ0v) is 19.5. The maximum atomic E-state index is 12.6. The third-order valence-corrected chi connectivity index (χ3v) is 6.08. The van der Waals surface area contributed by atoms with Crippen molar-refractivity contribution in [2.24, 2.45) is 0 Å². The van der Waals surface area contributed by atoms with Crippen LogP contribution in [-0.2, 0) is 9.59 Å². The summed E-state index contributed by atoms with van der Waals surface area (Å²) in [7, 11) is 1.54. The number of benzene rings is 2. The number of imide groups is 1. The lowest BCUT2D eigenvalue weighted by molar-refractivity contribution is -0.127. The standard InChI is InChI=1S/C19H14BrIN2O5S/c1-28-13-4-2-12(3-5-13)22-16(24)9-23-18(26)15(29-19(23)27)7-10-6-11(20)8-14(21)17(10)25/h2-8,25H,9H2,1H3,(H,22,24)/b15-7-. The maximum Gasteiger partial charge on any atom is 0.294 e. The molecule has 0 aliphatic carbocycles. The van der Waals surface area contributed by atoms with Crippen LogP contribution < -0.4 is 10.1 Å². The molecule has 1 aliphatic rings. The number of anilines is 1. The average Bonchev–Trinajstić information content (AvgIpc) is 2.93. The molecule has 3 amide bonds. The van der Waals surface area contributed by atoms with Gasteiger partial charge in [-0.2, -0.15) is 0 Å². The fraction of sp³-hybridized carbons (Fsp3) is 0.105. The molecule has 0 atom stereocenters. The van der Waals surface area contributed by atoms with Crippen LogP contribution >= 0.6 is 50.3 Å². The molecule has 3 rings (SSSR count). The molecule has 2 aromatic rings. The highest BCUT2D eigenvalue weighted by Crippen LogP contribution is 2.36. The van der Waals surface area contributed by atoms with E-state index in [-0.39, 0.29) is 10.7 Å². The van der Waals surface area contributed by atoms with E-state index in [2.05, 4.69) is 21.2 Å². The van der Waals surface area contributed by atoms with Crippen molar-refractivity contribution < 1.29 is 24.2 Å². The van der Waals surface area contributed by atoms with E-state index in [1.807, 2.05) is 22.6 Å². The number of rotatable bonds is 5. The number of hydrogen-bond acceptors (Lipinski definition) is 6. The van der Waals surface area contributed by atoms with Crippen LogP contribution in [0, 0.1) is 3.57 Å². The minimum Gasteiger partial charge on any atom is -0.506 e. The summed E-state index contributed by atoms with van der Waals surface area (Å²) < 4.78 is 6.38. The SMILES string of the molecule is COc1ccc(NC(=O)CN2C(=O)S/C(=C\c3cc(Br)cc(I)c3O)C2=O)cc1. The van der Waals surface area contributed by atoms with Gasteiger partial charge in [0.25, 0.3) is 11.1 Å². The van der Waals surface area contributed by atoms with Gasteiger partial charge in [-0.15, -0.1) is 0 Å². The number of hydrogen-bond donors (Lipinski definition) is 2. The van der Waals surface area contributed by atoms with E-state index in [4.69, 9.17) is 4.74 Å². The number of methoxy groups -OCH3 is 1. The summed E-state index contributed by atoms with van der Waals surface area (Å²) in [6, 6.07) is 10.0. The predicted octanol–water partition coefficient (Wildman–Crippen LogP) is 4.44. The quantitative estimate of drug-likeness (QED) is 0.396. The number of thioether (sulfide) groups is 1. The molecular weight excluding hydrogens is 575 g/mol. The highest BCUT2D eigenvalue weighted by atomic mass is 127. The molecule has 0 bridgehead atoms. The van der Waals surface area contributed by atoms with Gasteiger partial charge in [0.1, 0.15) is 18.0 Å². The van der Waals surface area contributed by atoms with Crippen LogP contribution in [0.5, 0.6) is 11.5 Å². The summed E-state index contributed by atoms with van der Waals surface area (Å²) in [5.74, 6) is -0.430. The third kappa shape index (κ3) is 5.11. The Kier molecular flexibility index (Phi) is 6.85. The van der Waals surface area contributed by atoms with E-state index in [0.29, 0.717) is 20.6 Å². The Hall–Kier alpha value is -2.05. The van der Waals surface area contributed by atoms with Crippen LogP contribution in [0.15, 0.2) is 45.8 Å². The van der Waals surface area contributed by atoms with Crippen molar-refractivity contribution in [1.29, 1.82) is 0 Å². The summed E-state index contributed by atoms with van der Waals surface area (Å²) in [4.78, 5) is 38.1. The average molecular weight is 589 g/mol. The van der Waals surface area contributed by atoms with Crippen molar-refractivity contribution in [1.82, 2.24) is 4.90 Å². The second kappa shape index (κ2) is 9.18. The van der Waals surface area contributed by atoms with Crippen molar-refractivity contribution in [3.63, 3.8) is 0 Å². The molecule has 0 radical (unpaired) electrons. The smallest absolute Gasteiger partial charge is 0.294 e. The van der Waals surface area contributed by atoms with Crippen LogP contribution in [0.1, 0.15) is 5.56 Å². The van der Waals surface area contributed by atoms with Crippen molar-refractivity contribution in [3.8, 4) is 11.5 Å². The van der Waals surface area contributed by atoms with Crippen LogP contribution in [0.25, 0.3) is 6.08 Å². The summed E-state index contributed by atoms with van der Waals surface area (Å²) in [6.07, 6.45) is 1.44. The van der Waals surface area contributed by atoms with E-state index in [0.717, 1.165) is 21.1 Å². The molecule has 0 aromatic heterocycles. The summed E-state index contributed by atoms with van der Waals surface area (Å²) >= 11 is 6.02. The van der Waals surface area contributed by atoms with Crippen molar-refractivity contribution in [2.75, 3.05) is 19.0 Å². The molecule has 2 aromatic carbocycles. The second-order valence-corrected chi connectivity index (χ2v) is 8.94. The zero-order valence-electron chi connectivity index (χ0n) is 14.9. The molecule has 0 unspecified atom stereocenters. The summed E-state index contributed by atoms with van der Waals surface area (Å²) in [5.41, 5.74) is 0.920. The number of carbonyl (C=O) groups excluding carboxylic acids is 3. The minimum atomic E-state index is -0.584.